The van der Waals surface area contributed by atoms with Gasteiger partial charge in [0.15, 0.2) is 0 Å². The predicted octanol–water partition coefficient (Wildman–Crippen LogP) is 2.85. The van der Waals surface area contributed by atoms with E-state index in [1.165, 1.54) is 10.7 Å². The minimum absolute atomic E-state index is 0.272. The van der Waals surface area contributed by atoms with Gasteiger partial charge in [0.25, 0.3) is 5.56 Å². The second-order valence-electron chi connectivity index (χ2n) is 6.76. The number of para-hydroxylation sites is 1. The summed E-state index contributed by atoms with van der Waals surface area (Å²) in [7, 11) is 3.22. The summed E-state index contributed by atoms with van der Waals surface area (Å²) in [5.74, 6) is 1.24. The molecule has 0 aliphatic rings. The summed E-state index contributed by atoms with van der Waals surface area (Å²) in [6.07, 6.45) is 0.622. The van der Waals surface area contributed by atoms with Crippen LogP contribution in [0.25, 0.3) is 11.3 Å². The number of hydrogen-bond donors (Lipinski definition) is 1. The molecule has 30 heavy (non-hydrogen) atoms. The fourth-order valence-corrected chi connectivity index (χ4v) is 3.11. The number of nitrogens with one attached hydrogen (secondary N) is 1. The molecule has 3 rings (SSSR count). The van der Waals surface area contributed by atoms with Gasteiger partial charge in [-0.2, -0.15) is 5.10 Å². The first-order valence-electron chi connectivity index (χ1n) is 9.67. The Balaban J connectivity index is 1.69. The summed E-state index contributed by atoms with van der Waals surface area (Å²) in [6.45, 7) is 2.08. The molecule has 7 nitrogen and oxygen atoms in total. The number of ether oxygens (including phenoxy) is 2. The predicted molar refractivity (Wildman–Crippen MR) is 115 cm³/mol. The van der Waals surface area contributed by atoms with Crippen LogP contribution in [0.4, 0.5) is 0 Å². The molecular weight excluding hydrogens is 382 g/mol. The molecule has 0 bridgehead atoms. The number of carbonyl (C=O) groups is 1. The summed E-state index contributed by atoms with van der Waals surface area (Å²) in [6, 6.07) is 17.3. The van der Waals surface area contributed by atoms with Gasteiger partial charge in [0, 0.05) is 18.2 Å². The Labute approximate surface area is 175 Å². The number of hydrogen-bond acceptors (Lipinski definition) is 5. The molecule has 3 aromatic rings. The minimum Gasteiger partial charge on any atom is -0.497 e. The Bertz CT molecular complexity index is 1060. The molecule has 0 radical (unpaired) electrons. The van der Waals surface area contributed by atoms with E-state index in [4.69, 9.17) is 9.47 Å². The molecule has 0 aliphatic heterocycles. The van der Waals surface area contributed by atoms with Crippen molar-refractivity contribution in [2.75, 3.05) is 20.8 Å². The SMILES string of the molecule is COc1ccc(-c2ccc(=O)n(C(C)C(=O)NCCc3ccccc3OC)n2)cc1. The summed E-state index contributed by atoms with van der Waals surface area (Å²) >= 11 is 0. The Kier molecular flexibility index (Phi) is 6.85. The number of methoxy groups -OCH3 is 2. The summed E-state index contributed by atoms with van der Waals surface area (Å²) in [4.78, 5) is 24.9. The van der Waals surface area contributed by atoms with Crippen LogP contribution in [0, 0.1) is 0 Å². The average Bonchev–Trinajstić information content (AvgIpc) is 2.79. The monoisotopic (exact) mass is 407 g/mol. The van der Waals surface area contributed by atoms with Crippen LogP contribution < -0.4 is 20.3 Å². The molecule has 0 fully saturated rings. The van der Waals surface area contributed by atoms with E-state index in [1.54, 1.807) is 27.2 Å². The second kappa shape index (κ2) is 9.73. The zero-order valence-electron chi connectivity index (χ0n) is 17.3. The molecule has 7 heteroatoms. The topological polar surface area (TPSA) is 82.5 Å². The van der Waals surface area contributed by atoms with Crippen LogP contribution >= 0.6 is 0 Å². The van der Waals surface area contributed by atoms with Gasteiger partial charge in [0.1, 0.15) is 17.5 Å². The first-order valence-corrected chi connectivity index (χ1v) is 9.67. The Morgan fingerprint density at radius 3 is 2.47 bits per heavy atom. The molecule has 1 heterocycles. The lowest BCUT2D eigenvalue weighted by molar-refractivity contribution is -0.124. The molecule has 1 unspecified atom stereocenters. The van der Waals surface area contributed by atoms with Gasteiger partial charge >= 0.3 is 0 Å². The number of carbonyl (C=O) groups excluding carboxylic acids is 1. The van der Waals surface area contributed by atoms with Crippen molar-refractivity contribution in [3.63, 3.8) is 0 Å². The van der Waals surface area contributed by atoms with Crippen LogP contribution in [0.3, 0.4) is 0 Å². The van der Waals surface area contributed by atoms with E-state index in [1.807, 2.05) is 48.5 Å². The van der Waals surface area contributed by atoms with Crippen LogP contribution in [0.1, 0.15) is 18.5 Å². The van der Waals surface area contributed by atoms with E-state index < -0.39 is 6.04 Å². The zero-order chi connectivity index (χ0) is 21.5. The van der Waals surface area contributed by atoms with E-state index in [-0.39, 0.29) is 11.5 Å². The third-order valence-corrected chi connectivity index (χ3v) is 4.84. The van der Waals surface area contributed by atoms with E-state index in [0.717, 1.165) is 22.6 Å². The van der Waals surface area contributed by atoms with Crippen LogP contribution in [-0.4, -0.2) is 36.5 Å². The maximum atomic E-state index is 12.6. The number of rotatable bonds is 8. The maximum Gasteiger partial charge on any atom is 0.267 e. The van der Waals surface area contributed by atoms with Gasteiger partial charge in [-0.05, 0) is 55.3 Å². The molecule has 0 saturated carbocycles. The molecule has 0 saturated heterocycles. The standard InChI is InChI=1S/C23H25N3O4/c1-16(23(28)24-15-14-18-6-4-5-7-21(18)30-3)26-22(27)13-12-20(25-26)17-8-10-19(29-2)11-9-17/h4-13,16H,14-15H2,1-3H3,(H,24,28). The summed E-state index contributed by atoms with van der Waals surface area (Å²) in [5.41, 5.74) is 2.10. The third kappa shape index (κ3) is 4.86. The van der Waals surface area contributed by atoms with Gasteiger partial charge in [0.05, 0.1) is 19.9 Å². The van der Waals surface area contributed by atoms with E-state index in [2.05, 4.69) is 10.4 Å². The lowest BCUT2D eigenvalue weighted by atomic mass is 10.1. The average molecular weight is 407 g/mol. The molecule has 0 spiro atoms. The highest BCUT2D eigenvalue weighted by molar-refractivity contribution is 5.79. The Morgan fingerprint density at radius 1 is 1.03 bits per heavy atom. The van der Waals surface area contributed by atoms with Gasteiger partial charge < -0.3 is 14.8 Å². The molecular formula is C23H25N3O4. The number of benzene rings is 2. The smallest absolute Gasteiger partial charge is 0.267 e. The maximum absolute atomic E-state index is 12.6. The molecule has 0 aliphatic carbocycles. The van der Waals surface area contributed by atoms with Crippen LogP contribution in [0.5, 0.6) is 11.5 Å². The zero-order valence-corrected chi connectivity index (χ0v) is 17.3. The molecule has 156 valence electrons. The number of aromatic nitrogens is 2. The van der Waals surface area contributed by atoms with Crippen molar-refractivity contribution in [2.45, 2.75) is 19.4 Å². The van der Waals surface area contributed by atoms with Crippen molar-refractivity contribution in [3.05, 3.63) is 76.6 Å². The fourth-order valence-electron chi connectivity index (χ4n) is 3.11. The highest BCUT2D eigenvalue weighted by atomic mass is 16.5. The van der Waals surface area contributed by atoms with E-state index in [9.17, 15) is 9.59 Å². The van der Waals surface area contributed by atoms with Gasteiger partial charge in [-0.15, -0.1) is 0 Å². The quantitative estimate of drug-likeness (QED) is 0.621. The first kappa shape index (κ1) is 21.1. The van der Waals surface area contributed by atoms with Crippen molar-refractivity contribution < 1.29 is 14.3 Å². The highest BCUT2D eigenvalue weighted by Crippen LogP contribution is 2.20. The van der Waals surface area contributed by atoms with Crippen molar-refractivity contribution in [2.24, 2.45) is 0 Å². The Hall–Kier alpha value is -3.61. The van der Waals surface area contributed by atoms with Crippen molar-refractivity contribution in [3.8, 4) is 22.8 Å². The molecule has 2 aromatic carbocycles. The summed E-state index contributed by atoms with van der Waals surface area (Å²) in [5, 5.41) is 7.27. The third-order valence-electron chi connectivity index (χ3n) is 4.84. The first-order chi connectivity index (χ1) is 14.5. The van der Waals surface area contributed by atoms with Crippen molar-refractivity contribution in [1.82, 2.24) is 15.1 Å². The van der Waals surface area contributed by atoms with Gasteiger partial charge in [0.2, 0.25) is 5.91 Å². The molecule has 1 aromatic heterocycles. The summed E-state index contributed by atoms with van der Waals surface area (Å²) < 4.78 is 11.7. The van der Waals surface area contributed by atoms with Gasteiger partial charge in [-0.1, -0.05) is 18.2 Å². The second-order valence-corrected chi connectivity index (χ2v) is 6.76. The van der Waals surface area contributed by atoms with Crippen molar-refractivity contribution in [1.29, 1.82) is 0 Å². The van der Waals surface area contributed by atoms with Gasteiger partial charge in [-0.25, -0.2) is 4.68 Å². The normalized spacial score (nSPS) is 11.6. The van der Waals surface area contributed by atoms with Crippen LogP contribution in [0.15, 0.2) is 65.5 Å². The number of amides is 1. The fraction of sp³-hybridized carbons (Fsp3) is 0.261. The highest BCUT2D eigenvalue weighted by Gasteiger charge is 2.18. The van der Waals surface area contributed by atoms with E-state index >= 15 is 0 Å². The minimum atomic E-state index is -0.742. The number of nitrogens with zero attached hydrogens (tertiary/aromatic N) is 2. The Morgan fingerprint density at radius 2 is 1.77 bits per heavy atom. The van der Waals surface area contributed by atoms with Crippen molar-refractivity contribution >= 4 is 5.91 Å². The van der Waals surface area contributed by atoms with Crippen LogP contribution in [-0.2, 0) is 11.2 Å². The molecule has 1 N–H and O–H groups in total. The largest absolute Gasteiger partial charge is 0.497 e. The molecule has 1 amide bonds. The van der Waals surface area contributed by atoms with Gasteiger partial charge in [-0.3, -0.25) is 9.59 Å². The molecule has 1 atom stereocenters. The van der Waals surface area contributed by atoms with E-state index in [0.29, 0.717) is 18.7 Å². The lowest BCUT2D eigenvalue weighted by Crippen LogP contribution is -2.37. The van der Waals surface area contributed by atoms with Crippen LogP contribution in [0.2, 0.25) is 0 Å². The lowest BCUT2D eigenvalue weighted by Gasteiger charge is -2.15.